The van der Waals surface area contributed by atoms with Crippen molar-refractivity contribution in [3.8, 4) is 0 Å². The molecular formula is C6H9LiO6. The summed E-state index contributed by atoms with van der Waals surface area (Å²) in [7, 11) is 1.18. The SMILES string of the molecule is COC(=O)OCCCOC(=O)[O-].[Li+]. The van der Waals surface area contributed by atoms with E-state index in [4.69, 9.17) is 0 Å². The normalized spacial score (nSPS) is 8.08. The molecule has 0 rings (SSSR count). The van der Waals surface area contributed by atoms with Gasteiger partial charge in [-0.3, -0.25) is 0 Å². The van der Waals surface area contributed by atoms with Crippen molar-refractivity contribution in [1.29, 1.82) is 0 Å². The Labute approximate surface area is 87.3 Å². The number of hydrogen-bond donors (Lipinski definition) is 0. The molecule has 0 aliphatic carbocycles. The molecule has 0 aromatic rings. The number of rotatable bonds is 4. The maximum Gasteiger partial charge on any atom is 1.00 e. The first-order valence-corrected chi connectivity index (χ1v) is 3.21. The third-order valence-corrected chi connectivity index (χ3v) is 0.895. The topological polar surface area (TPSA) is 84.9 Å². The fourth-order valence-corrected chi connectivity index (χ4v) is 0.429. The van der Waals surface area contributed by atoms with E-state index in [0.29, 0.717) is 0 Å². The fourth-order valence-electron chi connectivity index (χ4n) is 0.429. The number of ether oxygens (including phenoxy) is 3. The fraction of sp³-hybridized carbons (Fsp3) is 0.667. The van der Waals surface area contributed by atoms with Crippen molar-refractivity contribution in [1.82, 2.24) is 0 Å². The van der Waals surface area contributed by atoms with Gasteiger partial charge in [0.2, 0.25) is 0 Å². The predicted octanol–water partition coefficient (Wildman–Crippen LogP) is -3.48. The molecule has 7 heteroatoms. The average molecular weight is 184 g/mol. The molecule has 0 N–H and O–H groups in total. The molecule has 0 heterocycles. The van der Waals surface area contributed by atoms with Gasteiger partial charge in [-0.2, -0.15) is 0 Å². The van der Waals surface area contributed by atoms with Crippen LogP contribution < -0.4 is 24.0 Å². The third kappa shape index (κ3) is 11.1. The van der Waals surface area contributed by atoms with Crippen molar-refractivity contribution in [2.45, 2.75) is 6.42 Å². The summed E-state index contributed by atoms with van der Waals surface area (Å²) in [5, 5.41) is 9.69. The second-order valence-corrected chi connectivity index (χ2v) is 1.75. The Morgan fingerprint density at radius 1 is 1.23 bits per heavy atom. The van der Waals surface area contributed by atoms with E-state index in [0.717, 1.165) is 0 Å². The standard InChI is InChI=1S/C6H10O6.Li/c1-10-6(9)12-4-2-3-11-5(7)8;/h2-4H2,1H3,(H,7,8);/q;+1/p-1. The van der Waals surface area contributed by atoms with Crippen molar-refractivity contribution < 1.29 is 47.8 Å². The first-order chi connectivity index (χ1) is 5.66. The summed E-state index contributed by atoms with van der Waals surface area (Å²) >= 11 is 0. The van der Waals surface area contributed by atoms with Crippen LogP contribution in [-0.4, -0.2) is 32.6 Å². The molecule has 0 unspecified atom stereocenters. The van der Waals surface area contributed by atoms with Crippen LogP contribution >= 0.6 is 0 Å². The maximum atomic E-state index is 10.3. The summed E-state index contributed by atoms with van der Waals surface area (Å²) in [4.78, 5) is 20.0. The second-order valence-electron chi connectivity index (χ2n) is 1.75. The Kier molecular flexibility index (Phi) is 10.4. The van der Waals surface area contributed by atoms with Crippen molar-refractivity contribution in [3.63, 3.8) is 0 Å². The van der Waals surface area contributed by atoms with Gasteiger partial charge in [-0.15, -0.1) is 0 Å². The van der Waals surface area contributed by atoms with Gasteiger partial charge in [0.15, 0.2) is 0 Å². The molecule has 0 atom stereocenters. The summed E-state index contributed by atoms with van der Waals surface area (Å²) in [6.07, 6.45) is -2.11. The van der Waals surface area contributed by atoms with E-state index in [2.05, 4.69) is 14.2 Å². The Bertz CT molecular complexity index is 159. The number of carbonyl (C=O) groups is 2. The third-order valence-electron chi connectivity index (χ3n) is 0.895. The van der Waals surface area contributed by atoms with Gasteiger partial charge in [0.25, 0.3) is 6.16 Å². The quantitative estimate of drug-likeness (QED) is 0.256. The molecule has 6 nitrogen and oxygen atoms in total. The Hall–Kier alpha value is -0.863. The van der Waals surface area contributed by atoms with E-state index in [9.17, 15) is 14.7 Å². The summed E-state index contributed by atoms with van der Waals surface area (Å²) in [6, 6.07) is 0. The minimum absolute atomic E-state index is 0. The smallest absolute Gasteiger partial charge is 0.550 e. The van der Waals surface area contributed by atoms with Gasteiger partial charge in [-0.25, -0.2) is 4.79 Å². The zero-order chi connectivity index (χ0) is 9.40. The first kappa shape index (κ1) is 14.7. The van der Waals surface area contributed by atoms with Crippen LogP contribution in [0.1, 0.15) is 6.42 Å². The number of carboxylic acid groups (broad SMARTS) is 1. The summed E-state index contributed by atoms with van der Waals surface area (Å²) < 4.78 is 12.6. The summed E-state index contributed by atoms with van der Waals surface area (Å²) in [6.45, 7) is -0.000713. The van der Waals surface area contributed by atoms with Gasteiger partial charge in [-0.05, 0) is 6.42 Å². The van der Waals surface area contributed by atoms with Gasteiger partial charge in [0.1, 0.15) is 0 Å². The molecule has 0 fully saturated rings. The van der Waals surface area contributed by atoms with Crippen LogP contribution in [0.15, 0.2) is 0 Å². The molecular weight excluding hydrogens is 175 g/mol. The zero-order valence-corrected chi connectivity index (χ0v) is 7.57. The molecule has 0 aliphatic heterocycles. The molecule has 0 aromatic carbocycles. The van der Waals surface area contributed by atoms with E-state index in [1.807, 2.05) is 0 Å². The van der Waals surface area contributed by atoms with E-state index in [1.54, 1.807) is 0 Å². The van der Waals surface area contributed by atoms with Gasteiger partial charge in [-0.1, -0.05) is 0 Å². The maximum absolute atomic E-state index is 10.3. The molecule has 0 aromatic heterocycles. The summed E-state index contributed by atoms with van der Waals surface area (Å²) in [5.41, 5.74) is 0. The largest absolute Gasteiger partial charge is 1.00 e. The van der Waals surface area contributed by atoms with E-state index in [-0.39, 0.29) is 38.5 Å². The molecule has 0 saturated carbocycles. The van der Waals surface area contributed by atoms with Crippen LogP contribution in [0.4, 0.5) is 9.59 Å². The molecule has 0 spiro atoms. The van der Waals surface area contributed by atoms with Crippen LogP contribution in [0, 0.1) is 0 Å². The molecule has 0 radical (unpaired) electrons. The molecule has 0 aliphatic rings. The van der Waals surface area contributed by atoms with Crippen LogP contribution in [0.25, 0.3) is 0 Å². The van der Waals surface area contributed by atoms with Gasteiger partial charge < -0.3 is 24.1 Å². The van der Waals surface area contributed by atoms with E-state index >= 15 is 0 Å². The van der Waals surface area contributed by atoms with Gasteiger partial charge >= 0.3 is 25.0 Å². The van der Waals surface area contributed by atoms with E-state index in [1.165, 1.54) is 7.11 Å². The summed E-state index contributed by atoms with van der Waals surface area (Å²) in [5.74, 6) is 0. The molecule has 13 heavy (non-hydrogen) atoms. The molecule has 0 bridgehead atoms. The van der Waals surface area contributed by atoms with Crippen molar-refractivity contribution in [2.75, 3.05) is 20.3 Å². The Morgan fingerprint density at radius 2 is 1.77 bits per heavy atom. The van der Waals surface area contributed by atoms with Crippen LogP contribution in [0.2, 0.25) is 0 Å². The van der Waals surface area contributed by atoms with E-state index < -0.39 is 12.3 Å². The molecule has 70 valence electrons. The van der Waals surface area contributed by atoms with Gasteiger partial charge in [0.05, 0.1) is 13.7 Å². The van der Waals surface area contributed by atoms with Crippen molar-refractivity contribution in [2.24, 2.45) is 0 Å². The monoisotopic (exact) mass is 184 g/mol. The average Bonchev–Trinajstić information content (AvgIpc) is 2.03. The van der Waals surface area contributed by atoms with Crippen LogP contribution in [0.5, 0.6) is 0 Å². The van der Waals surface area contributed by atoms with Crippen LogP contribution in [0.3, 0.4) is 0 Å². The molecule has 0 saturated heterocycles. The van der Waals surface area contributed by atoms with Crippen molar-refractivity contribution >= 4 is 12.3 Å². The zero-order valence-electron chi connectivity index (χ0n) is 7.57. The minimum atomic E-state index is -1.59. The van der Waals surface area contributed by atoms with Gasteiger partial charge in [0, 0.05) is 6.61 Å². The Morgan fingerprint density at radius 3 is 2.23 bits per heavy atom. The Balaban J connectivity index is 0. The number of hydrogen-bond acceptors (Lipinski definition) is 6. The first-order valence-electron chi connectivity index (χ1n) is 3.21. The van der Waals surface area contributed by atoms with Crippen LogP contribution in [-0.2, 0) is 14.2 Å². The van der Waals surface area contributed by atoms with Crippen molar-refractivity contribution in [3.05, 3.63) is 0 Å². The number of methoxy groups -OCH3 is 1. The number of carbonyl (C=O) groups excluding carboxylic acids is 2. The predicted molar refractivity (Wildman–Crippen MR) is 34.3 cm³/mol. The second kappa shape index (κ2) is 9.23. The molecule has 0 amide bonds. The minimum Gasteiger partial charge on any atom is -0.550 e.